The molecular formula is C15H24BNO5S. The Hall–Kier alpha value is -1.25. The fourth-order valence-corrected chi connectivity index (χ4v) is 2.79. The summed E-state index contributed by atoms with van der Waals surface area (Å²) in [5.41, 5.74) is 0.195. The summed E-state index contributed by atoms with van der Waals surface area (Å²) < 4.78 is 43.4. The molecule has 1 aromatic carbocycles. The van der Waals surface area contributed by atoms with Crippen LogP contribution in [-0.2, 0) is 19.3 Å². The summed E-state index contributed by atoms with van der Waals surface area (Å²) >= 11 is 0. The van der Waals surface area contributed by atoms with E-state index >= 15 is 0 Å². The number of hydrogen-bond acceptors (Lipinski definition) is 5. The minimum absolute atomic E-state index is 0.00393. The highest BCUT2D eigenvalue weighted by Gasteiger charge is 2.51. The average Bonchev–Trinajstić information content (AvgIpc) is 2.66. The first-order valence-corrected chi connectivity index (χ1v) is 9.20. The fraction of sp³-hybridized carbons (Fsp3) is 0.600. The van der Waals surface area contributed by atoms with Crippen molar-refractivity contribution >= 4 is 28.3 Å². The van der Waals surface area contributed by atoms with Gasteiger partial charge in [0.2, 0.25) is 10.0 Å². The van der Waals surface area contributed by atoms with Crippen LogP contribution in [0.5, 0.6) is 5.75 Å². The number of ether oxygens (including phenoxy) is 1. The van der Waals surface area contributed by atoms with E-state index in [4.69, 9.17) is 14.0 Å². The van der Waals surface area contributed by atoms with Gasteiger partial charge in [-0.15, -0.1) is 0 Å². The van der Waals surface area contributed by atoms with Gasteiger partial charge in [-0.05, 0) is 52.2 Å². The van der Waals surface area contributed by atoms with Gasteiger partial charge in [0.15, 0.2) is 0 Å². The molecule has 0 aromatic heterocycles. The second-order valence-corrected chi connectivity index (χ2v) is 8.60. The molecule has 0 atom stereocenters. The first kappa shape index (κ1) is 18.1. The van der Waals surface area contributed by atoms with Gasteiger partial charge >= 0.3 is 7.12 Å². The number of benzene rings is 1. The molecule has 1 aliphatic rings. The summed E-state index contributed by atoms with van der Waals surface area (Å²) in [6.45, 7) is 9.45. The van der Waals surface area contributed by atoms with Crippen LogP contribution in [0.25, 0.3) is 0 Å². The molecule has 23 heavy (non-hydrogen) atoms. The van der Waals surface area contributed by atoms with Crippen molar-refractivity contribution in [2.45, 2.75) is 45.8 Å². The molecule has 0 unspecified atom stereocenters. The predicted molar refractivity (Wildman–Crippen MR) is 91.8 cm³/mol. The average molecular weight is 341 g/mol. The van der Waals surface area contributed by atoms with Gasteiger partial charge < -0.3 is 14.0 Å². The third-order valence-electron chi connectivity index (χ3n) is 4.34. The lowest BCUT2D eigenvalue weighted by atomic mass is 9.79. The number of methoxy groups -OCH3 is 1. The molecule has 8 heteroatoms. The molecule has 0 spiro atoms. The normalized spacial score (nSPS) is 19.7. The number of anilines is 1. The largest absolute Gasteiger partial charge is 0.497 e. The van der Waals surface area contributed by atoms with E-state index in [2.05, 4.69) is 4.72 Å². The van der Waals surface area contributed by atoms with E-state index in [1.165, 1.54) is 7.11 Å². The smallest absolute Gasteiger partial charge is 0.495 e. The molecule has 1 fully saturated rings. The molecule has 128 valence electrons. The Morgan fingerprint density at radius 3 is 2.17 bits per heavy atom. The Bertz CT molecular complexity index is 671. The van der Waals surface area contributed by atoms with Gasteiger partial charge in [0.05, 0.1) is 29.8 Å². The Labute approximate surface area is 138 Å². The minimum atomic E-state index is -3.37. The van der Waals surface area contributed by atoms with Crippen LogP contribution in [0.2, 0.25) is 0 Å². The van der Waals surface area contributed by atoms with Gasteiger partial charge in [-0.1, -0.05) is 0 Å². The molecule has 1 aliphatic heterocycles. The lowest BCUT2D eigenvalue weighted by molar-refractivity contribution is 0.00578. The number of hydrogen-bond donors (Lipinski definition) is 1. The molecule has 1 heterocycles. The van der Waals surface area contributed by atoms with Crippen molar-refractivity contribution in [2.24, 2.45) is 0 Å². The van der Waals surface area contributed by atoms with E-state index in [0.29, 0.717) is 16.9 Å². The first-order chi connectivity index (χ1) is 10.5. The van der Waals surface area contributed by atoms with Crippen molar-refractivity contribution in [3.63, 3.8) is 0 Å². The topological polar surface area (TPSA) is 73.9 Å². The molecule has 0 saturated carbocycles. The van der Waals surface area contributed by atoms with Crippen LogP contribution in [0.15, 0.2) is 18.2 Å². The second kappa shape index (κ2) is 6.00. The van der Waals surface area contributed by atoms with Gasteiger partial charge in [-0.25, -0.2) is 8.42 Å². The lowest BCUT2D eigenvalue weighted by Gasteiger charge is -2.32. The quantitative estimate of drug-likeness (QED) is 0.826. The van der Waals surface area contributed by atoms with Gasteiger partial charge in [0, 0.05) is 6.07 Å². The summed E-state index contributed by atoms with van der Waals surface area (Å²) in [7, 11) is -2.42. The van der Waals surface area contributed by atoms with Crippen molar-refractivity contribution in [2.75, 3.05) is 17.6 Å². The molecule has 0 radical (unpaired) electrons. The van der Waals surface area contributed by atoms with Crippen LogP contribution in [0.3, 0.4) is 0 Å². The zero-order valence-corrected chi connectivity index (χ0v) is 15.3. The zero-order chi connectivity index (χ0) is 17.5. The molecule has 0 bridgehead atoms. The Kier molecular flexibility index (Phi) is 4.72. The third kappa shape index (κ3) is 3.81. The molecule has 6 nitrogen and oxygen atoms in total. The SMILES string of the molecule is CCS(=O)(=O)Nc1cc(OC)cc(B2OC(C)(C)C(C)(C)O2)c1. The van der Waals surface area contributed by atoms with E-state index in [1.54, 1.807) is 25.1 Å². The monoisotopic (exact) mass is 341 g/mol. The molecule has 2 rings (SSSR count). The maximum Gasteiger partial charge on any atom is 0.495 e. The van der Waals surface area contributed by atoms with Crippen molar-refractivity contribution in [3.8, 4) is 5.75 Å². The van der Waals surface area contributed by atoms with Crippen molar-refractivity contribution in [3.05, 3.63) is 18.2 Å². The van der Waals surface area contributed by atoms with Crippen molar-refractivity contribution in [1.29, 1.82) is 0 Å². The summed E-state index contributed by atoms with van der Waals surface area (Å²) in [6.07, 6.45) is 0. The standard InChI is InChI=1S/C15H24BNO5S/c1-7-23(18,19)17-12-8-11(9-13(10-12)20-6)16-21-14(2,3)15(4,5)22-16/h8-10,17H,7H2,1-6H3. The minimum Gasteiger partial charge on any atom is -0.497 e. The second-order valence-electron chi connectivity index (χ2n) is 6.59. The maximum absolute atomic E-state index is 11.8. The molecule has 1 N–H and O–H groups in total. The van der Waals surface area contributed by atoms with Crippen LogP contribution in [0, 0.1) is 0 Å². The van der Waals surface area contributed by atoms with E-state index in [9.17, 15) is 8.42 Å². The Balaban J connectivity index is 2.37. The zero-order valence-electron chi connectivity index (χ0n) is 14.5. The van der Waals surface area contributed by atoms with Crippen LogP contribution in [-0.4, -0.2) is 39.6 Å². The van der Waals surface area contributed by atoms with E-state index in [-0.39, 0.29) is 5.75 Å². The van der Waals surface area contributed by atoms with Gasteiger partial charge in [0.25, 0.3) is 0 Å². The highest BCUT2D eigenvalue weighted by molar-refractivity contribution is 7.92. The number of nitrogens with one attached hydrogen (secondary N) is 1. The van der Waals surface area contributed by atoms with Crippen LogP contribution < -0.4 is 14.9 Å². The van der Waals surface area contributed by atoms with Gasteiger partial charge in [0.1, 0.15) is 5.75 Å². The van der Waals surface area contributed by atoms with Crippen LogP contribution in [0.4, 0.5) is 5.69 Å². The lowest BCUT2D eigenvalue weighted by Crippen LogP contribution is -2.41. The number of sulfonamides is 1. The Morgan fingerprint density at radius 1 is 1.13 bits per heavy atom. The van der Waals surface area contributed by atoms with Gasteiger partial charge in [-0.2, -0.15) is 0 Å². The molecule has 1 aromatic rings. The van der Waals surface area contributed by atoms with Crippen LogP contribution >= 0.6 is 0 Å². The van der Waals surface area contributed by atoms with Crippen LogP contribution in [0.1, 0.15) is 34.6 Å². The Morgan fingerprint density at radius 2 is 1.70 bits per heavy atom. The highest BCUT2D eigenvalue weighted by atomic mass is 32.2. The van der Waals surface area contributed by atoms with E-state index < -0.39 is 28.3 Å². The first-order valence-electron chi connectivity index (χ1n) is 7.55. The van der Waals surface area contributed by atoms with Crippen molar-refractivity contribution < 1.29 is 22.5 Å². The highest BCUT2D eigenvalue weighted by Crippen LogP contribution is 2.36. The summed E-state index contributed by atoms with van der Waals surface area (Å²) in [6, 6.07) is 5.12. The maximum atomic E-state index is 11.8. The molecular weight excluding hydrogens is 317 g/mol. The number of rotatable bonds is 5. The van der Waals surface area contributed by atoms with E-state index in [1.807, 2.05) is 27.7 Å². The van der Waals surface area contributed by atoms with Gasteiger partial charge in [-0.3, -0.25) is 4.72 Å². The molecule has 0 aliphatic carbocycles. The predicted octanol–water partition coefficient (Wildman–Crippen LogP) is 1.76. The summed E-state index contributed by atoms with van der Waals surface area (Å²) in [5.74, 6) is 0.529. The third-order valence-corrected chi connectivity index (χ3v) is 5.65. The van der Waals surface area contributed by atoms with Crippen molar-refractivity contribution in [1.82, 2.24) is 0 Å². The fourth-order valence-electron chi connectivity index (χ4n) is 2.17. The molecule has 1 saturated heterocycles. The van der Waals surface area contributed by atoms with E-state index in [0.717, 1.165) is 0 Å². The summed E-state index contributed by atoms with van der Waals surface area (Å²) in [5, 5.41) is 0. The molecule has 0 amide bonds. The summed E-state index contributed by atoms with van der Waals surface area (Å²) in [4.78, 5) is 0.